The van der Waals surface area contributed by atoms with E-state index in [4.69, 9.17) is 23.2 Å². The molecule has 2 aromatic carbocycles. The zero-order chi connectivity index (χ0) is 16.4. The largest absolute Gasteiger partial charge is 0.293 e. The standard InChI is InChI=1S/C18H14Cl2N2O/c1-2-22-17(10-8-12-7-9-13(19)11-15(12)20)21-16-6-4-3-5-14(16)18(22)23/h3-11H,2H2,1H3. The Morgan fingerprint density at radius 1 is 1.13 bits per heavy atom. The smallest absolute Gasteiger partial charge is 0.261 e. The lowest BCUT2D eigenvalue weighted by atomic mass is 10.2. The minimum absolute atomic E-state index is 0.0417. The number of hydrogen-bond donors (Lipinski definition) is 0. The van der Waals surface area contributed by atoms with Crippen LogP contribution in [0.5, 0.6) is 0 Å². The van der Waals surface area contributed by atoms with E-state index in [0.29, 0.717) is 33.3 Å². The predicted octanol–water partition coefficient (Wildman–Crippen LogP) is 4.89. The first-order valence-corrected chi connectivity index (χ1v) is 7.98. The second-order valence-corrected chi connectivity index (χ2v) is 5.88. The molecule has 0 bridgehead atoms. The second-order valence-electron chi connectivity index (χ2n) is 5.04. The van der Waals surface area contributed by atoms with Crippen LogP contribution in [0.4, 0.5) is 0 Å². The highest BCUT2D eigenvalue weighted by molar-refractivity contribution is 6.35. The maximum atomic E-state index is 12.5. The maximum Gasteiger partial charge on any atom is 0.261 e. The molecule has 0 unspecified atom stereocenters. The number of fused-ring (bicyclic) bond motifs is 1. The van der Waals surface area contributed by atoms with Gasteiger partial charge in [-0.05, 0) is 48.9 Å². The molecule has 0 radical (unpaired) electrons. The highest BCUT2D eigenvalue weighted by atomic mass is 35.5. The molecule has 0 aliphatic rings. The highest BCUT2D eigenvalue weighted by Gasteiger charge is 2.07. The van der Waals surface area contributed by atoms with Gasteiger partial charge in [-0.2, -0.15) is 0 Å². The maximum absolute atomic E-state index is 12.5. The van der Waals surface area contributed by atoms with Crippen molar-refractivity contribution in [1.29, 1.82) is 0 Å². The van der Waals surface area contributed by atoms with Gasteiger partial charge in [-0.15, -0.1) is 0 Å². The van der Waals surface area contributed by atoms with Crippen molar-refractivity contribution < 1.29 is 0 Å². The molecule has 116 valence electrons. The van der Waals surface area contributed by atoms with Crippen LogP contribution < -0.4 is 5.56 Å². The van der Waals surface area contributed by atoms with Crippen LogP contribution in [0.3, 0.4) is 0 Å². The van der Waals surface area contributed by atoms with Crippen LogP contribution in [-0.4, -0.2) is 9.55 Å². The molecule has 0 aliphatic heterocycles. The Bertz CT molecular complexity index is 961. The van der Waals surface area contributed by atoms with E-state index in [2.05, 4.69) is 4.98 Å². The summed E-state index contributed by atoms with van der Waals surface area (Å²) in [4.78, 5) is 17.1. The Balaban J connectivity index is 2.12. The summed E-state index contributed by atoms with van der Waals surface area (Å²) >= 11 is 12.1. The molecule has 3 aromatic rings. The fraction of sp³-hybridized carbons (Fsp3) is 0.111. The summed E-state index contributed by atoms with van der Waals surface area (Å²) in [7, 11) is 0. The first-order chi connectivity index (χ1) is 11.1. The van der Waals surface area contributed by atoms with Gasteiger partial charge < -0.3 is 0 Å². The van der Waals surface area contributed by atoms with Crippen LogP contribution in [0.2, 0.25) is 10.0 Å². The van der Waals surface area contributed by atoms with E-state index in [0.717, 1.165) is 5.56 Å². The minimum Gasteiger partial charge on any atom is -0.293 e. The normalized spacial score (nSPS) is 11.4. The van der Waals surface area contributed by atoms with Crippen molar-refractivity contribution in [3.8, 4) is 0 Å². The highest BCUT2D eigenvalue weighted by Crippen LogP contribution is 2.22. The summed E-state index contributed by atoms with van der Waals surface area (Å²) in [5.74, 6) is 0.599. The summed E-state index contributed by atoms with van der Waals surface area (Å²) in [6, 6.07) is 12.6. The number of halogens is 2. The van der Waals surface area contributed by atoms with Crippen LogP contribution in [0.25, 0.3) is 23.1 Å². The molecule has 0 spiro atoms. The minimum atomic E-state index is -0.0417. The average molecular weight is 345 g/mol. The Kier molecular flexibility index (Phi) is 4.51. The predicted molar refractivity (Wildman–Crippen MR) is 97.1 cm³/mol. The van der Waals surface area contributed by atoms with Gasteiger partial charge in [0.2, 0.25) is 0 Å². The summed E-state index contributed by atoms with van der Waals surface area (Å²) in [5, 5.41) is 1.76. The molecule has 3 nitrogen and oxygen atoms in total. The van der Waals surface area contributed by atoms with E-state index in [1.165, 1.54) is 0 Å². The fourth-order valence-corrected chi connectivity index (χ4v) is 2.89. The van der Waals surface area contributed by atoms with Gasteiger partial charge in [0, 0.05) is 16.6 Å². The molecule has 1 heterocycles. The van der Waals surface area contributed by atoms with Gasteiger partial charge >= 0.3 is 0 Å². The van der Waals surface area contributed by atoms with Gasteiger partial charge in [-0.25, -0.2) is 4.98 Å². The Morgan fingerprint density at radius 2 is 1.91 bits per heavy atom. The molecule has 0 atom stereocenters. The number of hydrogen-bond acceptors (Lipinski definition) is 2. The van der Waals surface area contributed by atoms with Gasteiger partial charge in [-0.1, -0.05) is 41.4 Å². The second kappa shape index (κ2) is 6.57. The van der Waals surface area contributed by atoms with Gasteiger partial charge in [0.15, 0.2) is 0 Å². The van der Waals surface area contributed by atoms with Gasteiger partial charge in [0.1, 0.15) is 5.82 Å². The molecule has 0 fully saturated rings. The van der Waals surface area contributed by atoms with Crippen molar-refractivity contribution in [2.24, 2.45) is 0 Å². The number of nitrogens with zero attached hydrogens (tertiary/aromatic N) is 2. The number of benzene rings is 2. The van der Waals surface area contributed by atoms with E-state index < -0.39 is 0 Å². The molecular weight excluding hydrogens is 331 g/mol. The molecule has 0 N–H and O–H groups in total. The molecular formula is C18H14Cl2N2O. The third-order valence-corrected chi connectivity index (χ3v) is 4.14. The van der Waals surface area contributed by atoms with Crippen LogP contribution in [0, 0.1) is 0 Å². The van der Waals surface area contributed by atoms with Gasteiger partial charge in [0.05, 0.1) is 10.9 Å². The third-order valence-electron chi connectivity index (χ3n) is 3.58. The van der Waals surface area contributed by atoms with E-state index in [9.17, 15) is 4.79 Å². The lowest BCUT2D eigenvalue weighted by molar-refractivity contribution is 0.708. The van der Waals surface area contributed by atoms with Crippen molar-refractivity contribution in [2.75, 3.05) is 0 Å². The summed E-state index contributed by atoms with van der Waals surface area (Å²) < 4.78 is 1.64. The zero-order valence-corrected chi connectivity index (χ0v) is 14.0. The first kappa shape index (κ1) is 15.8. The SMILES string of the molecule is CCn1c(C=Cc2ccc(Cl)cc2Cl)nc2ccccc2c1=O. The zero-order valence-electron chi connectivity index (χ0n) is 12.5. The van der Waals surface area contributed by atoms with Crippen molar-refractivity contribution in [1.82, 2.24) is 9.55 Å². The van der Waals surface area contributed by atoms with E-state index in [1.807, 2.05) is 37.3 Å². The van der Waals surface area contributed by atoms with Crippen LogP contribution in [0.1, 0.15) is 18.3 Å². The Morgan fingerprint density at radius 3 is 2.65 bits per heavy atom. The number of rotatable bonds is 3. The van der Waals surface area contributed by atoms with Gasteiger partial charge in [0.25, 0.3) is 5.56 Å². The molecule has 0 amide bonds. The van der Waals surface area contributed by atoms with Crippen molar-refractivity contribution in [3.05, 3.63) is 74.3 Å². The summed E-state index contributed by atoms with van der Waals surface area (Å²) in [6.45, 7) is 2.47. The lowest BCUT2D eigenvalue weighted by Gasteiger charge is -2.08. The third kappa shape index (κ3) is 3.16. The average Bonchev–Trinajstić information content (AvgIpc) is 2.54. The van der Waals surface area contributed by atoms with Crippen molar-refractivity contribution in [2.45, 2.75) is 13.5 Å². The Labute approximate surface area is 143 Å². The number of aromatic nitrogens is 2. The molecule has 0 saturated heterocycles. The van der Waals surface area contributed by atoms with Gasteiger partial charge in [-0.3, -0.25) is 9.36 Å². The molecule has 3 rings (SSSR count). The molecule has 0 aliphatic carbocycles. The molecule has 5 heteroatoms. The first-order valence-electron chi connectivity index (χ1n) is 7.23. The van der Waals surface area contributed by atoms with Crippen molar-refractivity contribution in [3.63, 3.8) is 0 Å². The van der Waals surface area contributed by atoms with Crippen LogP contribution in [0.15, 0.2) is 47.3 Å². The lowest BCUT2D eigenvalue weighted by Crippen LogP contribution is -2.22. The van der Waals surface area contributed by atoms with E-state index >= 15 is 0 Å². The quantitative estimate of drug-likeness (QED) is 0.677. The Hall–Kier alpha value is -2.10. The van der Waals surface area contributed by atoms with Crippen LogP contribution >= 0.6 is 23.2 Å². The van der Waals surface area contributed by atoms with Crippen molar-refractivity contribution >= 4 is 46.3 Å². The van der Waals surface area contributed by atoms with E-state index in [-0.39, 0.29) is 5.56 Å². The molecule has 1 aromatic heterocycles. The summed E-state index contributed by atoms with van der Waals surface area (Å²) in [5.41, 5.74) is 1.46. The summed E-state index contributed by atoms with van der Waals surface area (Å²) in [6.07, 6.45) is 3.63. The van der Waals surface area contributed by atoms with E-state index in [1.54, 1.807) is 28.8 Å². The number of para-hydroxylation sites is 1. The van der Waals surface area contributed by atoms with Crippen LogP contribution in [-0.2, 0) is 6.54 Å². The monoisotopic (exact) mass is 344 g/mol. The molecule has 23 heavy (non-hydrogen) atoms. The fourth-order valence-electron chi connectivity index (χ4n) is 2.42. The molecule has 0 saturated carbocycles. The topological polar surface area (TPSA) is 34.9 Å².